The van der Waals surface area contributed by atoms with Crippen LogP contribution in [0.5, 0.6) is 0 Å². The molecule has 158 valence electrons. The van der Waals surface area contributed by atoms with E-state index in [1.54, 1.807) is 0 Å². The molecule has 11 nitrogen and oxygen atoms in total. The Morgan fingerprint density at radius 3 is 1.79 bits per heavy atom. The second-order valence-corrected chi connectivity index (χ2v) is 6.09. The zero-order chi connectivity index (χ0) is 21.4. The summed E-state index contributed by atoms with van der Waals surface area (Å²) in [6, 6.07) is 0. The first-order valence-electron chi connectivity index (χ1n) is 8.21. The molecule has 1 amide bonds. The Labute approximate surface area is 165 Å². The molecule has 0 aromatic carbocycles. The Morgan fingerprint density at radius 2 is 1.32 bits per heavy atom. The molecular weight excluding hydrogens is 402 g/mol. The summed E-state index contributed by atoms with van der Waals surface area (Å²) in [6.07, 6.45) is -6.43. The van der Waals surface area contributed by atoms with Gasteiger partial charge in [0.1, 0.15) is 18.6 Å². The third kappa shape index (κ3) is 7.31. The van der Waals surface area contributed by atoms with Crippen LogP contribution < -0.4 is 5.32 Å². The summed E-state index contributed by atoms with van der Waals surface area (Å²) >= 11 is 5.48. The van der Waals surface area contributed by atoms with Gasteiger partial charge in [-0.2, -0.15) is 0 Å². The number of esters is 4. The highest BCUT2D eigenvalue weighted by molar-refractivity contribution is 6.27. The number of nitrogens with one attached hydrogen (secondary N) is 1. The molecule has 1 aliphatic heterocycles. The molecule has 0 aliphatic carbocycles. The van der Waals surface area contributed by atoms with Crippen molar-refractivity contribution >= 4 is 41.4 Å². The fourth-order valence-corrected chi connectivity index (χ4v) is 2.62. The SMILES string of the molecule is CC(=O)OC[C@H]1O[C@@H](NC(=O)CCl)[C@H](OC(C)=O)[C@@H](OC(C)=O)[C@H]1OC(C)=O. The van der Waals surface area contributed by atoms with Crippen molar-refractivity contribution in [2.24, 2.45) is 0 Å². The van der Waals surface area contributed by atoms with Gasteiger partial charge in [0.2, 0.25) is 5.91 Å². The maximum Gasteiger partial charge on any atom is 0.303 e. The van der Waals surface area contributed by atoms with Gasteiger partial charge in [-0.1, -0.05) is 0 Å². The fourth-order valence-electron chi connectivity index (χ4n) is 2.54. The standard InChI is InChI=1S/C16H22ClNO10/c1-7(19)24-6-11-13(25-8(2)20)14(26-9(3)21)15(27-10(4)22)16(28-11)18-12(23)5-17/h11,13-16H,5-6H2,1-4H3,(H,18,23)/t11-,13+,14+,15-,16-/m1/s1. The van der Waals surface area contributed by atoms with Gasteiger partial charge in [-0.15, -0.1) is 11.6 Å². The fraction of sp³-hybridized carbons (Fsp3) is 0.688. The molecule has 0 spiro atoms. The minimum Gasteiger partial charge on any atom is -0.463 e. The molecular formula is C16H22ClNO10. The van der Waals surface area contributed by atoms with Gasteiger partial charge < -0.3 is 29.0 Å². The number of amides is 1. The van der Waals surface area contributed by atoms with E-state index in [0.29, 0.717) is 0 Å². The molecule has 0 saturated carbocycles. The Kier molecular flexibility index (Phi) is 9.13. The third-order valence-corrected chi connectivity index (χ3v) is 3.66. The number of hydrogen-bond donors (Lipinski definition) is 1. The van der Waals surface area contributed by atoms with E-state index in [0.717, 1.165) is 27.7 Å². The van der Waals surface area contributed by atoms with Crippen LogP contribution in [0, 0.1) is 0 Å². The Morgan fingerprint density at radius 1 is 0.821 bits per heavy atom. The largest absolute Gasteiger partial charge is 0.463 e. The quantitative estimate of drug-likeness (QED) is 0.321. The van der Waals surface area contributed by atoms with Crippen LogP contribution in [0.1, 0.15) is 27.7 Å². The number of carbonyl (C=O) groups is 5. The second kappa shape index (κ2) is 10.8. The van der Waals surface area contributed by atoms with Crippen LogP contribution in [-0.2, 0) is 47.7 Å². The summed E-state index contributed by atoms with van der Waals surface area (Å²) in [7, 11) is 0. The molecule has 1 aliphatic rings. The molecule has 0 unspecified atom stereocenters. The zero-order valence-electron chi connectivity index (χ0n) is 15.8. The molecule has 0 radical (unpaired) electrons. The van der Waals surface area contributed by atoms with Crippen molar-refractivity contribution in [3.8, 4) is 0 Å². The maximum absolute atomic E-state index is 11.7. The number of carbonyl (C=O) groups excluding carboxylic acids is 5. The van der Waals surface area contributed by atoms with Crippen molar-refractivity contribution in [3.63, 3.8) is 0 Å². The van der Waals surface area contributed by atoms with Gasteiger partial charge in [0.15, 0.2) is 24.5 Å². The number of rotatable bonds is 7. The lowest BCUT2D eigenvalue weighted by Gasteiger charge is -2.44. The van der Waals surface area contributed by atoms with Crippen molar-refractivity contribution < 1.29 is 47.7 Å². The number of halogens is 1. The van der Waals surface area contributed by atoms with E-state index in [4.69, 9.17) is 35.3 Å². The van der Waals surface area contributed by atoms with Crippen LogP contribution in [0.2, 0.25) is 0 Å². The van der Waals surface area contributed by atoms with Crippen molar-refractivity contribution in [3.05, 3.63) is 0 Å². The van der Waals surface area contributed by atoms with Crippen LogP contribution >= 0.6 is 11.6 Å². The number of ether oxygens (including phenoxy) is 5. The average Bonchev–Trinajstić information content (AvgIpc) is 2.57. The summed E-state index contributed by atoms with van der Waals surface area (Å²) < 4.78 is 26.1. The van der Waals surface area contributed by atoms with Crippen LogP contribution in [0.25, 0.3) is 0 Å². The van der Waals surface area contributed by atoms with E-state index in [-0.39, 0.29) is 6.61 Å². The van der Waals surface area contributed by atoms with Crippen LogP contribution in [0.3, 0.4) is 0 Å². The maximum atomic E-state index is 11.7. The normalized spacial score (nSPS) is 26.5. The highest BCUT2D eigenvalue weighted by Crippen LogP contribution is 2.28. The van der Waals surface area contributed by atoms with E-state index in [9.17, 15) is 24.0 Å². The van der Waals surface area contributed by atoms with Crippen molar-refractivity contribution in [2.45, 2.75) is 58.3 Å². The molecule has 0 aromatic rings. The van der Waals surface area contributed by atoms with Crippen molar-refractivity contribution in [1.29, 1.82) is 0 Å². The Hall–Kier alpha value is -2.40. The van der Waals surface area contributed by atoms with Crippen molar-refractivity contribution in [2.75, 3.05) is 12.5 Å². The summed E-state index contributed by atoms with van der Waals surface area (Å²) in [5.41, 5.74) is 0. The molecule has 1 saturated heterocycles. The molecule has 1 N–H and O–H groups in total. The lowest BCUT2D eigenvalue weighted by Crippen LogP contribution is -2.66. The molecule has 0 bridgehead atoms. The number of alkyl halides is 1. The topological polar surface area (TPSA) is 144 Å². The minimum atomic E-state index is -1.36. The summed E-state index contributed by atoms with van der Waals surface area (Å²) in [4.78, 5) is 57.6. The smallest absolute Gasteiger partial charge is 0.303 e. The molecule has 12 heteroatoms. The lowest BCUT2D eigenvalue weighted by atomic mass is 9.97. The van der Waals surface area contributed by atoms with Crippen molar-refractivity contribution in [1.82, 2.24) is 5.32 Å². The predicted molar refractivity (Wildman–Crippen MR) is 90.8 cm³/mol. The Balaban J connectivity index is 3.30. The van der Waals surface area contributed by atoms with E-state index in [1.165, 1.54) is 0 Å². The second-order valence-electron chi connectivity index (χ2n) is 5.82. The van der Waals surface area contributed by atoms with Gasteiger partial charge in [0.05, 0.1) is 0 Å². The van der Waals surface area contributed by atoms with Crippen LogP contribution in [0.4, 0.5) is 0 Å². The Bertz CT molecular complexity index is 625. The highest BCUT2D eigenvalue weighted by atomic mass is 35.5. The van der Waals surface area contributed by atoms with E-state index in [2.05, 4.69) is 5.32 Å². The molecule has 0 aromatic heterocycles. The molecule has 1 fully saturated rings. The minimum absolute atomic E-state index is 0.384. The van der Waals surface area contributed by atoms with E-state index < -0.39 is 66.3 Å². The summed E-state index contributed by atoms with van der Waals surface area (Å²) in [5, 5.41) is 2.38. The highest BCUT2D eigenvalue weighted by Gasteiger charge is 2.52. The predicted octanol–water partition coefficient (Wildman–Crippen LogP) is -0.575. The molecule has 5 atom stereocenters. The van der Waals surface area contributed by atoms with Gasteiger partial charge >= 0.3 is 23.9 Å². The number of hydrogen-bond acceptors (Lipinski definition) is 10. The van der Waals surface area contributed by atoms with E-state index >= 15 is 0 Å². The third-order valence-electron chi connectivity index (χ3n) is 3.42. The molecule has 1 rings (SSSR count). The first-order valence-corrected chi connectivity index (χ1v) is 8.74. The van der Waals surface area contributed by atoms with Crippen LogP contribution in [0.15, 0.2) is 0 Å². The summed E-state index contributed by atoms with van der Waals surface area (Å²) in [5.74, 6) is -4.01. The van der Waals surface area contributed by atoms with Gasteiger partial charge in [-0.3, -0.25) is 24.0 Å². The molecule has 28 heavy (non-hydrogen) atoms. The van der Waals surface area contributed by atoms with Crippen LogP contribution in [-0.4, -0.2) is 72.9 Å². The summed E-state index contributed by atoms with van der Waals surface area (Å²) in [6.45, 7) is 4.07. The first kappa shape index (κ1) is 23.6. The average molecular weight is 424 g/mol. The van der Waals surface area contributed by atoms with Gasteiger partial charge in [0.25, 0.3) is 0 Å². The zero-order valence-corrected chi connectivity index (χ0v) is 16.5. The van der Waals surface area contributed by atoms with E-state index in [1.807, 2.05) is 0 Å². The molecule has 1 heterocycles. The van der Waals surface area contributed by atoms with Gasteiger partial charge in [0, 0.05) is 27.7 Å². The monoisotopic (exact) mass is 423 g/mol. The lowest BCUT2D eigenvalue weighted by molar-refractivity contribution is -0.256. The first-order chi connectivity index (χ1) is 13.0. The van der Waals surface area contributed by atoms with Gasteiger partial charge in [-0.25, -0.2) is 0 Å². The van der Waals surface area contributed by atoms with Gasteiger partial charge in [-0.05, 0) is 0 Å².